The Morgan fingerprint density at radius 2 is 1.97 bits per heavy atom. The van der Waals surface area contributed by atoms with Crippen molar-refractivity contribution in [1.29, 1.82) is 0 Å². The van der Waals surface area contributed by atoms with Crippen molar-refractivity contribution in [1.82, 2.24) is 14.9 Å². The second-order valence-electron chi connectivity index (χ2n) is 8.95. The lowest BCUT2D eigenvalue weighted by atomic mass is 9.95. The zero-order valence-electron chi connectivity index (χ0n) is 20.5. The van der Waals surface area contributed by atoms with Crippen LogP contribution in [-0.2, 0) is 22.5 Å². The Morgan fingerprint density at radius 3 is 2.78 bits per heavy atom. The number of nitrogens with zero attached hydrogens (tertiary/aromatic N) is 3. The van der Waals surface area contributed by atoms with Gasteiger partial charge in [-0.3, -0.25) is 20.0 Å². The van der Waals surface area contributed by atoms with Crippen molar-refractivity contribution in [3.63, 3.8) is 0 Å². The molecule has 0 aliphatic carbocycles. The minimum atomic E-state index is -0.517. The molecule has 2 aromatic carbocycles. The summed E-state index contributed by atoms with van der Waals surface area (Å²) >= 11 is 1.34. The number of amides is 1. The maximum absolute atomic E-state index is 13.3. The summed E-state index contributed by atoms with van der Waals surface area (Å²) in [5.74, 6) is -0.205. The highest BCUT2D eigenvalue weighted by Crippen LogP contribution is 2.31. The Bertz CT molecular complexity index is 1450. The molecular formula is C27H28N4O4S. The largest absolute Gasteiger partial charge is 0.494 e. The van der Waals surface area contributed by atoms with Crippen molar-refractivity contribution in [2.45, 2.75) is 39.8 Å². The number of para-hydroxylation sites is 1. The van der Waals surface area contributed by atoms with Gasteiger partial charge in [0, 0.05) is 42.2 Å². The molecule has 5 rings (SSSR count). The molecule has 3 heterocycles. The van der Waals surface area contributed by atoms with E-state index in [0.29, 0.717) is 29.9 Å². The second kappa shape index (κ2) is 10.2. The third-order valence-corrected chi connectivity index (χ3v) is 7.20. The van der Waals surface area contributed by atoms with Crippen molar-refractivity contribution >= 4 is 49.5 Å². The minimum Gasteiger partial charge on any atom is -0.494 e. The number of anilines is 1. The molecule has 1 N–H and O–H groups in total. The van der Waals surface area contributed by atoms with E-state index < -0.39 is 18.5 Å². The van der Waals surface area contributed by atoms with E-state index in [1.807, 2.05) is 49.4 Å². The lowest BCUT2D eigenvalue weighted by Crippen LogP contribution is -2.37. The normalized spacial score (nSPS) is 13.7. The van der Waals surface area contributed by atoms with Crippen molar-refractivity contribution in [2.75, 3.05) is 25.1 Å². The van der Waals surface area contributed by atoms with Crippen molar-refractivity contribution in [2.24, 2.45) is 0 Å². The predicted molar refractivity (Wildman–Crippen MR) is 141 cm³/mol. The average Bonchev–Trinajstić information content (AvgIpc) is 3.27. The summed E-state index contributed by atoms with van der Waals surface area (Å²) in [4.78, 5) is 37.5. The zero-order chi connectivity index (χ0) is 25.2. The standard InChI is InChI=1S/C27H28N4O4S/c1-4-34-17-9-10-22-23(13-17)36-27(29-22)30-24(32)15-35-26(33)25-18-7-5-6-8-20(18)28-21-11-12-31(16(2)3)14-19(21)25/h5-10,13,16H,4,11-12,14-15H2,1-3H3,(H,29,30,32). The molecule has 0 saturated heterocycles. The minimum absolute atomic E-state index is 0.345. The number of rotatable bonds is 7. The van der Waals surface area contributed by atoms with Gasteiger partial charge in [0.1, 0.15) is 5.75 Å². The monoisotopic (exact) mass is 504 g/mol. The van der Waals surface area contributed by atoms with E-state index in [-0.39, 0.29) is 0 Å². The van der Waals surface area contributed by atoms with E-state index >= 15 is 0 Å². The summed E-state index contributed by atoms with van der Waals surface area (Å²) in [6.45, 7) is 7.89. The van der Waals surface area contributed by atoms with Gasteiger partial charge in [-0.05, 0) is 45.0 Å². The Kier molecular flexibility index (Phi) is 6.84. The number of thiazole rings is 1. The maximum Gasteiger partial charge on any atom is 0.339 e. The SMILES string of the molecule is CCOc1ccc2nc(NC(=O)COC(=O)c3c4c(nc5ccccc35)CCN(C(C)C)C4)sc2c1. The summed E-state index contributed by atoms with van der Waals surface area (Å²) < 4.78 is 11.9. The van der Waals surface area contributed by atoms with Crippen LogP contribution >= 0.6 is 11.3 Å². The van der Waals surface area contributed by atoms with E-state index in [4.69, 9.17) is 14.5 Å². The summed E-state index contributed by atoms with van der Waals surface area (Å²) in [6, 6.07) is 13.5. The van der Waals surface area contributed by atoms with Crippen LogP contribution in [0.5, 0.6) is 5.75 Å². The number of carbonyl (C=O) groups excluding carboxylic acids is 2. The molecule has 1 amide bonds. The van der Waals surface area contributed by atoms with E-state index in [2.05, 4.69) is 29.0 Å². The molecule has 0 unspecified atom stereocenters. The fraction of sp³-hybridized carbons (Fsp3) is 0.333. The molecule has 8 nitrogen and oxygen atoms in total. The van der Waals surface area contributed by atoms with Gasteiger partial charge < -0.3 is 9.47 Å². The molecule has 2 aromatic heterocycles. The van der Waals surface area contributed by atoms with Gasteiger partial charge in [-0.2, -0.15) is 0 Å². The molecule has 186 valence electrons. The number of benzene rings is 2. The molecule has 1 aliphatic heterocycles. The van der Waals surface area contributed by atoms with E-state index in [1.54, 1.807) is 0 Å². The number of hydrogen-bond donors (Lipinski definition) is 1. The van der Waals surface area contributed by atoms with Crippen LogP contribution in [0.3, 0.4) is 0 Å². The number of fused-ring (bicyclic) bond motifs is 3. The fourth-order valence-electron chi connectivity index (χ4n) is 4.46. The maximum atomic E-state index is 13.3. The smallest absolute Gasteiger partial charge is 0.339 e. The van der Waals surface area contributed by atoms with Gasteiger partial charge in [0.2, 0.25) is 0 Å². The van der Waals surface area contributed by atoms with E-state index in [1.165, 1.54) is 11.3 Å². The van der Waals surface area contributed by atoms with Gasteiger partial charge in [-0.1, -0.05) is 29.5 Å². The predicted octanol–water partition coefficient (Wildman–Crippen LogP) is 4.81. The quantitative estimate of drug-likeness (QED) is 0.361. The number of esters is 1. The van der Waals surface area contributed by atoms with Gasteiger partial charge in [-0.25, -0.2) is 9.78 Å². The van der Waals surface area contributed by atoms with Crippen molar-refractivity contribution < 1.29 is 19.1 Å². The van der Waals surface area contributed by atoms with E-state index in [9.17, 15) is 9.59 Å². The third kappa shape index (κ3) is 4.89. The number of carbonyl (C=O) groups is 2. The summed E-state index contributed by atoms with van der Waals surface area (Å²) in [6.07, 6.45) is 0.766. The number of pyridine rings is 1. The topological polar surface area (TPSA) is 93.7 Å². The molecule has 4 aromatic rings. The highest BCUT2D eigenvalue weighted by atomic mass is 32.1. The van der Waals surface area contributed by atoms with E-state index in [0.717, 1.165) is 51.1 Å². The van der Waals surface area contributed by atoms with Gasteiger partial charge in [0.15, 0.2) is 11.7 Å². The lowest BCUT2D eigenvalue weighted by Gasteiger charge is -2.32. The molecule has 0 saturated carbocycles. The molecule has 1 aliphatic rings. The molecule has 0 atom stereocenters. The zero-order valence-corrected chi connectivity index (χ0v) is 21.4. The molecule has 0 bridgehead atoms. The average molecular weight is 505 g/mol. The second-order valence-corrected chi connectivity index (χ2v) is 9.98. The summed E-state index contributed by atoms with van der Waals surface area (Å²) in [7, 11) is 0. The van der Waals surface area contributed by atoms with Crippen LogP contribution in [-0.4, -0.2) is 52.5 Å². The Balaban J connectivity index is 1.33. The first-order chi connectivity index (χ1) is 17.4. The van der Waals surface area contributed by atoms with Gasteiger partial charge in [0.05, 0.1) is 27.9 Å². The summed E-state index contributed by atoms with van der Waals surface area (Å²) in [5, 5.41) is 3.92. The third-order valence-electron chi connectivity index (χ3n) is 6.26. The van der Waals surface area contributed by atoms with Gasteiger partial charge >= 0.3 is 5.97 Å². The molecule has 0 spiro atoms. The molecular weight excluding hydrogens is 476 g/mol. The first kappa shape index (κ1) is 24.1. The Hall–Kier alpha value is -3.56. The Morgan fingerprint density at radius 1 is 1.14 bits per heavy atom. The van der Waals surface area contributed by atoms with Crippen LogP contribution in [0.1, 0.15) is 42.4 Å². The van der Waals surface area contributed by atoms with Crippen LogP contribution in [0.15, 0.2) is 42.5 Å². The number of ether oxygens (including phenoxy) is 2. The van der Waals surface area contributed by atoms with Gasteiger partial charge in [0.25, 0.3) is 5.91 Å². The highest BCUT2D eigenvalue weighted by Gasteiger charge is 2.28. The molecule has 36 heavy (non-hydrogen) atoms. The molecule has 9 heteroatoms. The number of aromatic nitrogens is 2. The van der Waals surface area contributed by atoms with Crippen LogP contribution < -0.4 is 10.1 Å². The van der Waals surface area contributed by atoms with Crippen molar-refractivity contribution in [3.05, 3.63) is 59.3 Å². The van der Waals surface area contributed by atoms with Gasteiger partial charge in [-0.15, -0.1) is 0 Å². The molecule has 0 radical (unpaired) electrons. The van der Waals surface area contributed by atoms with Crippen LogP contribution in [0, 0.1) is 0 Å². The Labute approximate surface area is 213 Å². The summed E-state index contributed by atoms with van der Waals surface area (Å²) in [5.41, 5.74) is 3.82. The number of nitrogens with one attached hydrogen (secondary N) is 1. The van der Waals surface area contributed by atoms with Crippen LogP contribution in [0.25, 0.3) is 21.1 Å². The first-order valence-corrected chi connectivity index (χ1v) is 12.9. The van der Waals surface area contributed by atoms with Crippen LogP contribution in [0.4, 0.5) is 5.13 Å². The van der Waals surface area contributed by atoms with Crippen molar-refractivity contribution in [3.8, 4) is 5.75 Å². The number of hydrogen-bond acceptors (Lipinski definition) is 8. The lowest BCUT2D eigenvalue weighted by molar-refractivity contribution is -0.119. The molecule has 0 fully saturated rings. The first-order valence-electron chi connectivity index (χ1n) is 12.1. The fourth-order valence-corrected chi connectivity index (χ4v) is 5.37. The highest BCUT2D eigenvalue weighted by molar-refractivity contribution is 7.22. The van der Waals surface area contributed by atoms with Crippen LogP contribution in [0.2, 0.25) is 0 Å².